The minimum absolute atomic E-state index is 0.0408. The monoisotopic (exact) mass is 326 g/mol. The first-order valence-corrected chi connectivity index (χ1v) is 7.47. The molecule has 0 spiro atoms. The summed E-state index contributed by atoms with van der Waals surface area (Å²) in [5, 5.41) is 9.71. The highest BCUT2D eigenvalue weighted by Crippen LogP contribution is 2.23. The summed E-state index contributed by atoms with van der Waals surface area (Å²) in [5.41, 5.74) is 1.29. The minimum atomic E-state index is -0.680. The van der Waals surface area contributed by atoms with Crippen molar-refractivity contribution >= 4 is 11.6 Å². The maximum Gasteiger partial charge on any atom is 0.231 e. The molecule has 24 heavy (non-hydrogen) atoms. The van der Waals surface area contributed by atoms with Gasteiger partial charge in [-0.05, 0) is 48.7 Å². The average molecular weight is 326 g/mol. The number of carbonyl (C=O) groups excluding carboxylic acids is 2. The smallest absolute Gasteiger partial charge is 0.231 e. The van der Waals surface area contributed by atoms with E-state index in [2.05, 4.69) is 0 Å². The molecule has 0 aliphatic heterocycles. The van der Waals surface area contributed by atoms with E-state index in [4.69, 9.17) is 4.42 Å². The van der Waals surface area contributed by atoms with Crippen molar-refractivity contribution in [2.24, 2.45) is 0 Å². The Labute approximate surface area is 137 Å². The van der Waals surface area contributed by atoms with E-state index in [1.54, 1.807) is 25.1 Å². The van der Waals surface area contributed by atoms with Crippen LogP contribution in [0.15, 0.2) is 63.8 Å². The Kier molecular flexibility index (Phi) is 4.16. The molecular weight excluding hydrogens is 311 g/mol. The molecule has 0 saturated heterocycles. The zero-order valence-corrected chi connectivity index (χ0v) is 13.0. The molecule has 0 unspecified atom stereocenters. The van der Waals surface area contributed by atoms with Crippen molar-refractivity contribution in [2.45, 2.75) is 19.8 Å². The third-order valence-corrected chi connectivity index (χ3v) is 3.90. The summed E-state index contributed by atoms with van der Waals surface area (Å²) in [4.78, 5) is 24.4. The molecule has 0 amide bonds. The first-order chi connectivity index (χ1) is 11.5. The first kappa shape index (κ1) is 15.9. The fraction of sp³-hybridized carbons (Fsp3) is 0.158. The fourth-order valence-corrected chi connectivity index (χ4v) is 2.49. The van der Waals surface area contributed by atoms with Crippen molar-refractivity contribution < 1.29 is 23.5 Å². The zero-order chi connectivity index (χ0) is 17.3. The van der Waals surface area contributed by atoms with Gasteiger partial charge in [0.15, 0.2) is 11.5 Å². The van der Waals surface area contributed by atoms with Crippen LogP contribution in [0.4, 0.5) is 4.39 Å². The largest absolute Gasteiger partial charge is 0.504 e. The molecule has 1 aromatic carbocycles. The molecule has 4 nitrogen and oxygen atoms in total. The molecule has 3 rings (SSSR count). The maximum atomic E-state index is 12.9. The molecule has 2 aromatic rings. The van der Waals surface area contributed by atoms with Gasteiger partial charge in [-0.1, -0.05) is 18.2 Å². The number of rotatable bonds is 4. The van der Waals surface area contributed by atoms with Gasteiger partial charge in [0.05, 0.1) is 5.57 Å². The number of furan rings is 1. The number of halogens is 1. The lowest BCUT2D eigenvalue weighted by molar-refractivity contribution is -0.114. The number of carbonyl (C=O) groups is 2. The second-order valence-electron chi connectivity index (χ2n) is 5.68. The summed E-state index contributed by atoms with van der Waals surface area (Å²) >= 11 is 0. The molecule has 0 bridgehead atoms. The molecule has 1 N–H and O–H groups in total. The molecule has 0 atom stereocenters. The van der Waals surface area contributed by atoms with Crippen LogP contribution >= 0.6 is 0 Å². The van der Waals surface area contributed by atoms with E-state index >= 15 is 0 Å². The number of aliphatic hydroxyl groups excluding tert-OH is 1. The summed E-state index contributed by atoms with van der Waals surface area (Å²) in [7, 11) is 0. The van der Waals surface area contributed by atoms with Crippen molar-refractivity contribution in [1.29, 1.82) is 0 Å². The number of Topliss-reactive ketones (excluding diaryl/α,β-unsaturated/α-hetero) is 2. The van der Waals surface area contributed by atoms with Crippen molar-refractivity contribution in [2.75, 3.05) is 0 Å². The van der Waals surface area contributed by atoms with E-state index in [1.807, 2.05) is 0 Å². The van der Waals surface area contributed by atoms with Crippen LogP contribution in [-0.4, -0.2) is 16.7 Å². The van der Waals surface area contributed by atoms with E-state index in [9.17, 15) is 19.1 Å². The van der Waals surface area contributed by atoms with Gasteiger partial charge >= 0.3 is 0 Å². The maximum absolute atomic E-state index is 12.9. The van der Waals surface area contributed by atoms with E-state index in [-0.39, 0.29) is 22.9 Å². The third-order valence-electron chi connectivity index (χ3n) is 3.90. The Hall–Kier alpha value is -2.95. The average Bonchev–Trinajstić information content (AvgIpc) is 3.03. The highest BCUT2D eigenvalue weighted by molar-refractivity contribution is 6.30. The Balaban J connectivity index is 1.77. The van der Waals surface area contributed by atoms with Gasteiger partial charge in [-0.25, -0.2) is 4.39 Å². The molecule has 0 fully saturated rings. The van der Waals surface area contributed by atoms with Crippen molar-refractivity contribution in [3.63, 3.8) is 0 Å². The van der Waals surface area contributed by atoms with Gasteiger partial charge < -0.3 is 9.52 Å². The quantitative estimate of drug-likeness (QED) is 0.683. The van der Waals surface area contributed by atoms with Gasteiger partial charge in [-0.2, -0.15) is 0 Å². The Morgan fingerprint density at radius 1 is 1.21 bits per heavy atom. The Bertz CT molecular complexity index is 869. The van der Waals surface area contributed by atoms with Crippen LogP contribution in [-0.2, 0) is 11.2 Å². The molecule has 5 heteroatoms. The summed E-state index contributed by atoms with van der Waals surface area (Å²) in [5.74, 6) is -1.35. The minimum Gasteiger partial charge on any atom is -0.504 e. The number of hydrogen-bond acceptors (Lipinski definition) is 4. The summed E-state index contributed by atoms with van der Waals surface area (Å²) in [6, 6.07) is 9.12. The van der Waals surface area contributed by atoms with Crippen molar-refractivity contribution in [1.82, 2.24) is 0 Å². The first-order valence-electron chi connectivity index (χ1n) is 7.47. The predicted octanol–water partition coefficient (Wildman–Crippen LogP) is 3.92. The molecule has 122 valence electrons. The van der Waals surface area contributed by atoms with E-state index in [1.165, 1.54) is 24.3 Å². The summed E-state index contributed by atoms with van der Waals surface area (Å²) in [6.45, 7) is 1.64. The van der Waals surface area contributed by atoms with Crippen LogP contribution in [0.5, 0.6) is 0 Å². The van der Waals surface area contributed by atoms with Gasteiger partial charge in [0, 0.05) is 6.42 Å². The Morgan fingerprint density at radius 3 is 2.62 bits per heavy atom. The lowest BCUT2D eigenvalue weighted by atomic mass is 9.94. The normalized spacial score (nSPS) is 14.8. The van der Waals surface area contributed by atoms with Crippen LogP contribution in [0.3, 0.4) is 0 Å². The van der Waals surface area contributed by atoms with Crippen LogP contribution in [0.25, 0.3) is 0 Å². The highest BCUT2D eigenvalue weighted by Gasteiger charge is 2.28. The predicted molar refractivity (Wildman–Crippen MR) is 85.3 cm³/mol. The number of ketones is 2. The summed E-state index contributed by atoms with van der Waals surface area (Å²) in [6.07, 6.45) is 2.26. The summed E-state index contributed by atoms with van der Waals surface area (Å²) < 4.78 is 18.4. The fourth-order valence-electron chi connectivity index (χ4n) is 2.49. The van der Waals surface area contributed by atoms with Crippen molar-refractivity contribution in [3.05, 3.63) is 82.3 Å². The second-order valence-corrected chi connectivity index (χ2v) is 5.68. The molecule has 1 aromatic heterocycles. The molecular formula is C19H15FO4. The van der Waals surface area contributed by atoms with Crippen LogP contribution < -0.4 is 0 Å². The lowest BCUT2D eigenvalue weighted by Gasteiger charge is -2.11. The van der Waals surface area contributed by atoms with E-state index in [0.717, 1.165) is 5.56 Å². The van der Waals surface area contributed by atoms with Crippen LogP contribution in [0, 0.1) is 5.82 Å². The molecule has 0 saturated carbocycles. The van der Waals surface area contributed by atoms with Gasteiger partial charge in [0.1, 0.15) is 11.6 Å². The number of benzene rings is 1. The number of aliphatic hydroxyl groups is 1. The third kappa shape index (κ3) is 3.06. The lowest BCUT2D eigenvalue weighted by Crippen LogP contribution is -2.18. The van der Waals surface area contributed by atoms with Crippen molar-refractivity contribution in [3.8, 4) is 0 Å². The number of hydrogen-bond donors (Lipinski definition) is 1. The van der Waals surface area contributed by atoms with Gasteiger partial charge in [0.25, 0.3) is 0 Å². The molecule has 0 radical (unpaired) electrons. The highest BCUT2D eigenvalue weighted by atomic mass is 19.1. The standard InChI is InChI=1S/C19H15FO4/c1-11-2-8-15(19(23)17(11)21)18(22)16-9-7-14(24-16)10-12-3-5-13(20)6-4-12/h3-9,21H,2,10H2,1H3. The van der Waals surface area contributed by atoms with E-state index in [0.29, 0.717) is 24.2 Å². The zero-order valence-electron chi connectivity index (χ0n) is 13.0. The molecule has 1 aliphatic carbocycles. The molecule has 1 heterocycles. The molecule has 1 aliphatic rings. The SMILES string of the molecule is CC1=C(O)C(=O)C(C(=O)c2ccc(Cc3ccc(F)cc3)o2)=CC1. The Morgan fingerprint density at radius 2 is 1.92 bits per heavy atom. The van der Waals surface area contributed by atoms with Crippen LogP contribution in [0.1, 0.15) is 35.2 Å². The number of allylic oxidation sites excluding steroid dienone is 3. The van der Waals surface area contributed by atoms with Gasteiger partial charge in [-0.15, -0.1) is 0 Å². The topological polar surface area (TPSA) is 67.5 Å². The van der Waals surface area contributed by atoms with Gasteiger partial charge in [-0.3, -0.25) is 9.59 Å². The van der Waals surface area contributed by atoms with Gasteiger partial charge in [0.2, 0.25) is 11.6 Å². The second kappa shape index (κ2) is 6.28. The van der Waals surface area contributed by atoms with E-state index < -0.39 is 11.6 Å². The van der Waals surface area contributed by atoms with Crippen LogP contribution in [0.2, 0.25) is 0 Å².